The van der Waals surface area contributed by atoms with Gasteiger partial charge >= 0.3 is 0 Å². The van der Waals surface area contributed by atoms with E-state index in [4.69, 9.17) is 4.74 Å². The fourth-order valence-corrected chi connectivity index (χ4v) is 2.85. The van der Waals surface area contributed by atoms with Gasteiger partial charge in [-0.2, -0.15) is 0 Å². The normalized spacial score (nSPS) is 10.7. The number of nitrogens with one attached hydrogen (secondary N) is 2. The molecule has 29 heavy (non-hydrogen) atoms. The molecule has 0 bridgehead atoms. The number of hydrogen-bond acceptors (Lipinski definition) is 5. The van der Waals surface area contributed by atoms with Crippen molar-refractivity contribution in [1.82, 2.24) is 19.9 Å². The molecular weight excluding hydrogens is 370 g/mol. The highest BCUT2D eigenvalue weighted by Crippen LogP contribution is 2.18. The average Bonchev–Trinajstić information content (AvgIpc) is 3.15. The van der Waals surface area contributed by atoms with Crippen LogP contribution in [0.4, 0.5) is 5.95 Å². The van der Waals surface area contributed by atoms with E-state index in [1.54, 1.807) is 22.6 Å². The van der Waals surface area contributed by atoms with Gasteiger partial charge in [-0.25, -0.2) is 4.40 Å². The van der Waals surface area contributed by atoms with Crippen molar-refractivity contribution in [1.29, 1.82) is 0 Å². The number of nitrogens with zero attached hydrogens (tertiary/aromatic N) is 3. The second-order valence-corrected chi connectivity index (χ2v) is 6.51. The molecule has 8 nitrogen and oxygen atoms in total. The molecule has 1 aromatic carbocycles. The number of fused-ring (bicyclic) bond motifs is 1. The fourth-order valence-electron chi connectivity index (χ4n) is 2.85. The Bertz CT molecular complexity index is 982. The van der Waals surface area contributed by atoms with Gasteiger partial charge in [0.25, 0.3) is 0 Å². The largest absolute Gasteiger partial charge is 0.479 e. The molecule has 0 aliphatic heterocycles. The zero-order chi connectivity index (χ0) is 20.6. The quantitative estimate of drug-likeness (QED) is 0.581. The lowest BCUT2D eigenvalue weighted by molar-refractivity contribution is -0.124. The summed E-state index contributed by atoms with van der Waals surface area (Å²) in [7, 11) is 0. The molecule has 0 aliphatic rings. The van der Waals surface area contributed by atoms with Crippen LogP contribution in [0, 0.1) is 0 Å². The minimum absolute atomic E-state index is 0.0479. The van der Waals surface area contributed by atoms with Gasteiger partial charge in [0.2, 0.25) is 23.6 Å². The minimum atomic E-state index is -0.312. The van der Waals surface area contributed by atoms with E-state index < -0.39 is 0 Å². The summed E-state index contributed by atoms with van der Waals surface area (Å²) in [5.41, 5.74) is 2.85. The van der Waals surface area contributed by atoms with Crippen LogP contribution in [-0.2, 0) is 22.6 Å². The summed E-state index contributed by atoms with van der Waals surface area (Å²) in [6.07, 6.45) is 1.12. The number of carbonyl (C=O) groups is 2. The number of anilines is 1. The first-order valence-electron chi connectivity index (χ1n) is 9.72. The topological polar surface area (TPSA) is 97.6 Å². The Morgan fingerprint density at radius 3 is 2.41 bits per heavy atom. The van der Waals surface area contributed by atoms with Crippen molar-refractivity contribution in [2.75, 3.05) is 11.9 Å². The maximum Gasteiger partial charge on any atom is 0.238 e. The Morgan fingerprint density at radius 2 is 1.69 bits per heavy atom. The summed E-state index contributed by atoms with van der Waals surface area (Å²) >= 11 is 0. The summed E-state index contributed by atoms with van der Waals surface area (Å²) in [5.74, 6) is 0.316. The van der Waals surface area contributed by atoms with Crippen LogP contribution in [-0.4, -0.2) is 33.0 Å². The first-order chi connectivity index (χ1) is 14.1. The highest BCUT2D eigenvalue weighted by molar-refractivity contribution is 5.92. The predicted molar refractivity (Wildman–Crippen MR) is 110 cm³/mol. The maximum atomic E-state index is 12.3. The SMILES string of the molecule is CCOc1cccc2nnc(NC(=O)CCC(=O)NCc3ccc(CC)cc3)n12. The monoisotopic (exact) mass is 395 g/mol. The highest BCUT2D eigenvalue weighted by atomic mass is 16.5. The van der Waals surface area contributed by atoms with Gasteiger partial charge in [-0.3, -0.25) is 14.9 Å². The molecule has 0 spiro atoms. The fraction of sp³-hybridized carbons (Fsp3) is 0.333. The number of hydrogen-bond donors (Lipinski definition) is 2. The number of amides is 2. The molecule has 2 aromatic heterocycles. The van der Waals surface area contributed by atoms with Crippen molar-refractivity contribution in [3.63, 3.8) is 0 Å². The summed E-state index contributed by atoms with van der Waals surface area (Å²) in [6, 6.07) is 13.4. The van der Waals surface area contributed by atoms with Crippen molar-refractivity contribution in [3.05, 3.63) is 53.6 Å². The van der Waals surface area contributed by atoms with Crippen molar-refractivity contribution >= 4 is 23.4 Å². The number of aryl methyl sites for hydroxylation is 1. The van der Waals surface area contributed by atoms with Crippen LogP contribution >= 0.6 is 0 Å². The molecule has 3 aromatic rings. The van der Waals surface area contributed by atoms with Crippen molar-refractivity contribution in [2.24, 2.45) is 0 Å². The minimum Gasteiger partial charge on any atom is -0.479 e. The number of pyridine rings is 1. The van der Waals surface area contributed by atoms with Crippen LogP contribution in [0.15, 0.2) is 42.5 Å². The Labute approximate surface area is 169 Å². The Kier molecular flexibility index (Phi) is 6.78. The van der Waals surface area contributed by atoms with Crippen LogP contribution in [0.1, 0.15) is 37.8 Å². The van der Waals surface area contributed by atoms with Crippen LogP contribution in [0.3, 0.4) is 0 Å². The summed E-state index contributed by atoms with van der Waals surface area (Å²) in [6.45, 7) is 4.89. The van der Waals surface area contributed by atoms with E-state index in [-0.39, 0.29) is 30.6 Å². The number of carbonyl (C=O) groups excluding carboxylic acids is 2. The Balaban J connectivity index is 1.50. The molecule has 0 unspecified atom stereocenters. The molecule has 0 atom stereocenters. The molecule has 2 N–H and O–H groups in total. The molecule has 3 rings (SSSR count). The lowest BCUT2D eigenvalue weighted by atomic mass is 10.1. The van der Waals surface area contributed by atoms with Gasteiger partial charge in [0.1, 0.15) is 0 Å². The molecule has 8 heteroatoms. The van der Waals surface area contributed by atoms with Crippen LogP contribution < -0.4 is 15.4 Å². The van der Waals surface area contributed by atoms with Crippen molar-refractivity contribution < 1.29 is 14.3 Å². The van der Waals surface area contributed by atoms with E-state index in [0.29, 0.717) is 24.7 Å². The third-order valence-corrected chi connectivity index (χ3v) is 4.44. The molecule has 0 saturated heterocycles. The van der Waals surface area contributed by atoms with E-state index in [1.807, 2.05) is 31.2 Å². The Hall–Kier alpha value is -3.42. The predicted octanol–water partition coefficient (Wildman–Crippen LogP) is 2.73. The maximum absolute atomic E-state index is 12.3. The summed E-state index contributed by atoms with van der Waals surface area (Å²) in [4.78, 5) is 24.3. The molecular formula is C21H25N5O3. The van der Waals surface area contributed by atoms with E-state index in [0.717, 1.165) is 12.0 Å². The van der Waals surface area contributed by atoms with Crippen LogP contribution in [0.2, 0.25) is 0 Å². The van der Waals surface area contributed by atoms with Gasteiger partial charge < -0.3 is 10.1 Å². The van der Waals surface area contributed by atoms with Crippen LogP contribution in [0.5, 0.6) is 5.88 Å². The van der Waals surface area contributed by atoms with Gasteiger partial charge in [-0.15, -0.1) is 10.2 Å². The van der Waals surface area contributed by atoms with E-state index in [9.17, 15) is 9.59 Å². The third kappa shape index (κ3) is 5.31. The second kappa shape index (κ2) is 9.68. The van der Waals surface area contributed by atoms with Crippen molar-refractivity contribution in [3.8, 4) is 5.88 Å². The smallest absolute Gasteiger partial charge is 0.238 e. The Morgan fingerprint density at radius 1 is 0.966 bits per heavy atom. The number of rotatable bonds is 9. The first kappa shape index (κ1) is 20.3. The zero-order valence-corrected chi connectivity index (χ0v) is 16.6. The summed E-state index contributed by atoms with van der Waals surface area (Å²) in [5, 5.41) is 13.5. The van der Waals surface area contributed by atoms with Gasteiger partial charge in [0.15, 0.2) is 5.65 Å². The lowest BCUT2D eigenvalue weighted by Gasteiger charge is -2.09. The van der Waals surface area contributed by atoms with Crippen molar-refractivity contribution in [2.45, 2.75) is 39.7 Å². The van der Waals surface area contributed by atoms with Crippen LogP contribution in [0.25, 0.3) is 5.65 Å². The molecule has 0 saturated carbocycles. The zero-order valence-electron chi connectivity index (χ0n) is 16.6. The molecule has 0 radical (unpaired) electrons. The average molecular weight is 395 g/mol. The first-order valence-corrected chi connectivity index (χ1v) is 9.72. The second-order valence-electron chi connectivity index (χ2n) is 6.51. The molecule has 0 aliphatic carbocycles. The molecule has 152 valence electrons. The van der Waals surface area contributed by atoms with E-state index in [1.165, 1.54) is 5.56 Å². The van der Waals surface area contributed by atoms with Gasteiger partial charge in [0, 0.05) is 19.4 Å². The number of ether oxygens (including phenoxy) is 1. The lowest BCUT2D eigenvalue weighted by Crippen LogP contribution is -2.24. The van der Waals surface area contributed by atoms with E-state index >= 15 is 0 Å². The van der Waals surface area contributed by atoms with Gasteiger partial charge in [-0.05, 0) is 36.6 Å². The highest BCUT2D eigenvalue weighted by Gasteiger charge is 2.14. The standard InChI is InChI=1S/C21H25N5O3/c1-3-15-8-10-16(11-9-15)14-22-18(27)12-13-19(28)23-21-25-24-17-6-5-7-20(26(17)21)29-4-2/h5-11H,3-4,12-14H2,1-2H3,(H,22,27)(H,23,25,28). The number of benzene rings is 1. The molecule has 2 heterocycles. The third-order valence-electron chi connectivity index (χ3n) is 4.44. The summed E-state index contributed by atoms with van der Waals surface area (Å²) < 4.78 is 7.18. The van der Waals surface area contributed by atoms with Gasteiger partial charge in [0.05, 0.1) is 6.61 Å². The molecule has 0 fully saturated rings. The molecule has 2 amide bonds. The number of aromatic nitrogens is 3. The van der Waals surface area contributed by atoms with Gasteiger partial charge in [-0.1, -0.05) is 37.3 Å². The van der Waals surface area contributed by atoms with E-state index in [2.05, 4.69) is 27.8 Å².